The molecule has 0 saturated heterocycles. The lowest BCUT2D eigenvalue weighted by molar-refractivity contribution is 0.0927. The summed E-state index contributed by atoms with van der Waals surface area (Å²) in [6, 6.07) is 3.21. The number of aryl methyl sites for hydroxylation is 1. The van der Waals surface area contributed by atoms with E-state index in [-0.39, 0.29) is 17.8 Å². The van der Waals surface area contributed by atoms with Crippen molar-refractivity contribution in [2.45, 2.75) is 45.1 Å². The predicted octanol–water partition coefficient (Wildman–Crippen LogP) is 3.96. The molecule has 1 fully saturated rings. The first-order valence-electron chi connectivity index (χ1n) is 6.34. The van der Waals surface area contributed by atoms with E-state index < -0.39 is 0 Å². The highest BCUT2D eigenvalue weighted by molar-refractivity contribution is 9.10. The summed E-state index contributed by atoms with van der Waals surface area (Å²) in [4.78, 5) is 12.1. The maximum atomic E-state index is 13.3. The van der Waals surface area contributed by atoms with Gasteiger partial charge in [-0.15, -0.1) is 0 Å². The van der Waals surface area contributed by atoms with Crippen LogP contribution in [0.2, 0.25) is 0 Å². The van der Waals surface area contributed by atoms with Crippen LogP contribution in [0.3, 0.4) is 0 Å². The monoisotopic (exact) mass is 313 g/mol. The average Bonchev–Trinajstić information content (AvgIpc) is 2.35. The van der Waals surface area contributed by atoms with Crippen molar-refractivity contribution in [2.24, 2.45) is 0 Å². The van der Waals surface area contributed by atoms with E-state index in [1.54, 1.807) is 13.0 Å². The van der Waals surface area contributed by atoms with Gasteiger partial charge in [0.25, 0.3) is 5.91 Å². The molecule has 0 spiro atoms. The van der Waals surface area contributed by atoms with Gasteiger partial charge in [-0.3, -0.25) is 4.79 Å². The summed E-state index contributed by atoms with van der Waals surface area (Å²) in [7, 11) is 0. The van der Waals surface area contributed by atoms with Crippen LogP contribution in [0.4, 0.5) is 4.39 Å². The number of nitrogens with one attached hydrogen (secondary N) is 1. The predicted molar refractivity (Wildman–Crippen MR) is 73.2 cm³/mol. The van der Waals surface area contributed by atoms with Gasteiger partial charge >= 0.3 is 0 Å². The zero-order chi connectivity index (χ0) is 13.1. The lowest BCUT2D eigenvalue weighted by Crippen LogP contribution is -2.36. The van der Waals surface area contributed by atoms with Crippen LogP contribution in [0.25, 0.3) is 0 Å². The number of carbonyl (C=O) groups is 1. The highest BCUT2D eigenvalue weighted by Gasteiger charge is 2.18. The third-order valence-corrected chi connectivity index (χ3v) is 4.09. The molecule has 1 aliphatic rings. The molecule has 1 N–H and O–H groups in total. The van der Waals surface area contributed by atoms with Crippen molar-refractivity contribution in [3.8, 4) is 0 Å². The van der Waals surface area contributed by atoms with E-state index in [9.17, 15) is 9.18 Å². The van der Waals surface area contributed by atoms with Gasteiger partial charge in [-0.05, 0) is 53.4 Å². The standard InChI is InChI=1S/C14H17BrFNO/c1-9-7-11(12(15)8-13(9)16)14(18)17-10-5-3-2-4-6-10/h7-8,10H,2-6H2,1H3,(H,17,18). The molecule has 1 aliphatic carbocycles. The van der Waals surface area contributed by atoms with Crippen LogP contribution in [0.1, 0.15) is 48.0 Å². The quantitative estimate of drug-likeness (QED) is 0.879. The lowest BCUT2D eigenvalue weighted by atomic mass is 9.95. The zero-order valence-electron chi connectivity index (χ0n) is 10.4. The second-order valence-corrected chi connectivity index (χ2v) is 5.74. The van der Waals surface area contributed by atoms with Crippen molar-refractivity contribution in [1.29, 1.82) is 0 Å². The molecule has 1 saturated carbocycles. The summed E-state index contributed by atoms with van der Waals surface area (Å²) in [6.07, 6.45) is 5.70. The number of rotatable bonds is 2. The molecule has 4 heteroatoms. The zero-order valence-corrected chi connectivity index (χ0v) is 12.0. The number of hydrogen-bond acceptors (Lipinski definition) is 1. The van der Waals surface area contributed by atoms with Gasteiger partial charge in [0.1, 0.15) is 5.82 Å². The second-order valence-electron chi connectivity index (χ2n) is 4.89. The molecule has 0 radical (unpaired) electrons. The van der Waals surface area contributed by atoms with Crippen LogP contribution in [0.5, 0.6) is 0 Å². The number of carbonyl (C=O) groups excluding carboxylic acids is 1. The van der Waals surface area contributed by atoms with Crippen molar-refractivity contribution < 1.29 is 9.18 Å². The van der Waals surface area contributed by atoms with Crippen LogP contribution in [0.15, 0.2) is 16.6 Å². The van der Waals surface area contributed by atoms with Gasteiger partial charge in [-0.2, -0.15) is 0 Å². The van der Waals surface area contributed by atoms with Crippen molar-refractivity contribution in [2.75, 3.05) is 0 Å². The van der Waals surface area contributed by atoms with Crippen LogP contribution >= 0.6 is 15.9 Å². The molecule has 1 amide bonds. The van der Waals surface area contributed by atoms with Crippen molar-refractivity contribution in [3.63, 3.8) is 0 Å². The van der Waals surface area contributed by atoms with Crippen LogP contribution < -0.4 is 5.32 Å². The SMILES string of the molecule is Cc1cc(C(=O)NC2CCCCC2)c(Br)cc1F. The molecule has 0 bridgehead atoms. The Morgan fingerprint density at radius 2 is 2.00 bits per heavy atom. The van der Waals surface area contributed by atoms with Gasteiger partial charge < -0.3 is 5.32 Å². The first-order valence-corrected chi connectivity index (χ1v) is 7.13. The summed E-state index contributed by atoms with van der Waals surface area (Å²) in [5, 5.41) is 3.03. The minimum absolute atomic E-state index is 0.114. The minimum atomic E-state index is -0.295. The van der Waals surface area contributed by atoms with Crippen LogP contribution in [0, 0.1) is 12.7 Å². The first-order chi connectivity index (χ1) is 8.58. The molecule has 0 aliphatic heterocycles. The third kappa shape index (κ3) is 3.10. The van der Waals surface area contributed by atoms with Gasteiger partial charge in [-0.1, -0.05) is 19.3 Å². The Labute approximate surface area is 115 Å². The molecule has 18 heavy (non-hydrogen) atoms. The molecule has 0 aromatic heterocycles. The Morgan fingerprint density at radius 1 is 1.33 bits per heavy atom. The molecule has 1 aromatic rings. The van der Waals surface area contributed by atoms with E-state index in [0.29, 0.717) is 15.6 Å². The maximum absolute atomic E-state index is 13.3. The number of hydrogen-bond donors (Lipinski definition) is 1. The van der Waals surface area contributed by atoms with E-state index >= 15 is 0 Å². The van der Waals surface area contributed by atoms with Crippen molar-refractivity contribution in [1.82, 2.24) is 5.32 Å². The Kier molecular flexibility index (Phi) is 4.38. The van der Waals surface area contributed by atoms with Gasteiger partial charge in [0.15, 0.2) is 0 Å². The Balaban J connectivity index is 2.10. The molecular weight excluding hydrogens is 297 g/mol. The maximum Gasteiger partial charge on any atom is 0.252 e. The lowest BCUT2D eigenvalue weighted by Gasteiger charge is -2.23. The largest absolute Gasteiger partial charge is 0.349 e. The molecule has 2 nitrogen and oxygen atoms in total. The van der Waals surface area contributed by atoms with Crippen molar-refractivity contribution >= 4 is 21.8 Å². The fourth-order valence-corrected chi connectivity index (χ4v) is 2.84. The average molecular weight is 314 g/mol. The topological polar surface area (TPSA) is 29.1 Å². The summed E-state index contributed by atoms with van der Waals surface area (Å²) >= 11 is 3.25. The highest BCUT2D eigenvalue weighted by atomic mass is 79.9. The normalized spacial score (nSPS) is 16.6. The molecule has 2 rings (SSSR count). The van der Waals surface area contributed by atoms with Crippen LogP contribution in [-0.4, -0.2) is 11.9 Å². The Hall–Kier alpha value is -0.900. The van der Waals surface area contributed by atoms with E-state index in [2.05, 4.69) is 21.2 Å². The van der Waals surface area contributed by atoms with E-state index in [1.807, 2.05) is 0 Å². The fourth-order valence-electron chi connectivity index (χ4n) is 2.34. The first kappa shape index (κ1) is 13.5. The summed E-state index contributed by atoms with van der Waals surface area (Å²) in [6.45, 7) is 1.67. The Morgan fingerprint density at radius 3 is 2.67 bits per heavy atom. The molecule has 0 heterocycles. The highest BCUT2D eigenvalue weighted by Crippen LogP contribution is 2.22. The molecule has 98 valence electrons. The number of halogens is 2. The summed E-state index contributed by atoms with van der Waals surface area (Å²) in [5.74, 6) is -0.409. The van der Waals surface area contributed by atoms with Gasteiger partial charge in [0.05, 0.1) is 5.56 Å². The van der Waals surface area contributed by atoms with Gasteiger partial charge in [0, 0.05) is 10.5 Å². The number of benzene rings is 1. The van der Waals surface area contributed by atoms with E-state index in [0.717, 1.165) is 12.8 Å². The van der Waals surface area contributed by atoms with E-state index in [1.165, 1.54) is 25.3 Å². The Bertz CT molecular complexity index is 455. The molecule has 0 atom stereocenters. The molecule has 0 unspecified atom stereocenters. The fraction of sp³-hybridized carbons (Fsp3) is 0.500. The second kappa shape index (κ2) is 5.83. The van der Waals surface area contributed by atoms with Crippen LogP contribution in [-0.2, 0) is 0 Å². The molecular formula is C14H17BrFNO. The van der Waals surface area contributed by atoms with Gasteiger partial charge in [0.2, 0.25) is 0 Å². The summed E-state index contributed by atoms with van der Waals surface area (Å²) < 4.78 is 13.8. The van der Waals surface area contributed by atoms with E-state index in [4.69, 9.17) is 0 Å². The third-order valence-electron chi connectivity index (χ3n) is 3.43. The smallest absolute Gasteiger partial charge is 0.252 e. The number of amides is 1. The molecule has 1 aromatic carbocycles. The minimum Gasteiger partial charge on any atom is -0.349 e. The van der Waals surface area contributed by atoms with Crippen molar-refractivity contribution in [3.05, 3.63) is 33.5 Å². The summed E-state index contributed by atoms with van der Waals surface area (Å²) in [5.41, 5.74) is 1.01. The van der Waals surface area contributed by atoms with Gasteiger partial charge in [-0.25, -0.2) is 4.39 Å².